The third kappa shape index (κ3) is 14.7. The first-order valence-corrected chi connectivity index (χ1v) is 26.8. The molecule has 418 valence electrons. The van der Waals surface area contributed by atoms with Crippen molar-refractivity contribution >= 4 is 47.3 Å². The van der Waals surface area contributed by atoms with Gasteiger partial charge in [0.2, 0.25) is 29.5 Å². The molecule has 4 heterocycles. The van der Waals surface area contributed by atoms with E-state index in [4.69, 9.17) is 18.9 Å². The van der Waals surface area contributed by atoms with Crippen LogP contribution in [-0.2, 0) is 76.8 Å². The lowest BCUT2D eigenvalue weighted by Gasteiger charge is -2.41. The van der Waals surface area contributed by atoms with Crippen LogP contribution in [0.25, 0.3) is 0 Å². The average Bonchev–Trinajstić information content (AvgIpc) is 4.28. The van der Waals surface area contributed by atoms with E-state index in [1.165, 1.54) is 26.4 Å². The number of rotatable bonds is 30. The standard InChI is InChI=1S/C54H79N9O13/c1-9-34(4)48(42(73-7)30-46(67)61-22-13-16-41(61)50(74-8)35(5)51(68)55-40(54(71)72)28-36-14-11-10-12-15-36)59(6)53(70)47(33(2)3)56-52(69)49-37-17-18-39(29-37)63(49)45(66)21-24-75-26-27-76-25-23-60-31-38(57-58-60)32-62-43(64)19-20-44(62)65/h10-12,14-15,19-20,31,33-35,37,39-42,47-50H,9,13,16-18,21-30,32H2,1-8H3,(H,55,68)(H,56,69)(H,71,72)/t34-,35+,37?,39-,40-,41-,42+,47-,48-,49?,50+/m0/s1. The van der Waals surface area contributed by atoms with Crippen LogP contribution in [0.4, 0.5) is 0 Å². The van der Waals surface area contributed by atoms with Gasteiger partial charge in [0.05, 0.1) is 88.8 Å². The van der Waals surface area contributed by atoms with Gasteiger partial charge in [-0.15, -0.1) is 5.10 Å². The number of aromatic nitrogens is 3. The second-order valence-electron chi connectivity index (χ2n) is 20.9. The Morgan fingerprint density at radius 2 is 1.58 bits per heavy atom. The first kappa shape index (κ1) is 59.1. The smallest absolute Gasteiger partial charge is 0.326 e. The summed E-state index contributed by atoms with van der Waals surface area (Å²) in [6, 6.07) is 5.05. The van der Waals surface area contributed by atoms with Gasteiger partial charge in [0.1, 0.15) is 23.8 Å². The molecule has 3 fully saturated rings. The number of hydrogen-bond donors (Lipinski definition) is 3. The van der Waals surface area contributed by atoms with Crippen molar-refractivity contribution in [3.8, 4) is 0 Å². The number of carboxylic acid groups (broad SMARTS) is 1. The van der Waals surface area contributed by atoms with Gasteiger partial charge in [0.15, 0.2) is 0 Å². The number of ether oxygens (including phenoxy) is 4. The van der Waals surface area contributed by atoms with E-state index in [0.29, 0.717) is 51.1 Å². The largest absolute Gasteiger partial charge is 0.480 e. The Kier molecular flexibility index (Phi) is 21.6. The number of likely N-dealkylation sites (tertiary alicyclic amines) is 2. The van der Waals surface area contributed by atoms with Crippen molar-refractivity contribution in [2.24, 2.45) is 23.7 Å². The number of fused-ring (bicyclic) bond motifs is 2. The predicted molar refractivity (Wildman–Crippen MR) is 275 cm³/mol. The molecular formula is C54H79N9O13. The monoisotopic (exact) mass is 1060 g/mol. The molecule has 7 amide bonds. The van der Waals surface area contributed by atoms with Gasteiger partial charge in [-0.05, 0) is 55.4 Å². The minimum absolute atomic E-state index is 0.0304. The summed E-state index contributed by atoms with van der Waals surface area (Å²) in [4.78, 5) is 113. The number of aliphatic carboxylic acids is 1. The number of methoxy groups -OCH3 is 2. The van der Waals surface area contributed by atoms with Crippen LogP contribution in [0.5, 0.6) is 0 Å². The lowest BCUT2D eigenvalue weighted by atomic mass is 9.89. The maximum atomic E-state index is 14.7. The molecule has 2 saturated heterocycles. The first-order valence-electron chi connectivity index (χ1n) is 26.8. The van der Waals surface area contributed by atoms with Gasteiger partial charge in [-0.1, -0.05) is 76.6 Å². The van der Waals surface area contributed by atoms with E-state index in [2.05, 4.69) is 20.9 Å². The Morgan fingerprint density at radius 3 is 2.22 bits per heavy atom. The fourth-order valence-corrected chi connectivity index (χ4v) is 11.4. The summed E-state index contributed by atoms with van der Waals surface area (Å²) in [5.74, 6) is -4.92. The Hall–Kier alpha value is -6.10. The SMILES string of the molecule is CC[C@H](C)[C@@H]([C@@H](CC(=O)N1CCC[C@H]1[C@H](OC)[C@@H](C)C(=O)N[C@@H](Cc1ccccc1)C(=O)O)OC)N(C)C(=O)[C@@H](NC(=O)C1C2CC[C@@H](C2)N1C(=O)CCOCCOCCn1cc(CN2C(=O)C=CC2=O)nn1)C(C)C. The summed E-state index contributed by atoms with van der Waals surface area (Å²) < 4.78 is 25.0. The molecular weight excluding hydrogens is 983 g/mol. The molecule has 1 saturated carbocycles. The summed E-state index contributed by atoms with van der Waals surface area (Å²) in [7, 11) is 4.67. The zero-order valence-electron chi connectivity index (χ0n) is 45.3. The molecule has 22 heteroatoms. The van der Waals surface area contributed by atoms with Crippen LogP contribution in [0.2, 0.25) is 0 Å². The van der Waals surface area contributed by atoms with Gasteiger partial charge in [-0.3, -0.25) is 38.5 Å². The van der Waals surface area contributed by atoms with Crippen LogP contribution in [0.15, 0.2) is 48.7 Å². The number of nitrogens with one attached hydrogen (secondary N) is 2. The van der Waals surface area contributed by atoms with E-state index in [9.17, 15) is 43.5 Å². The van der Waals surface area contributed by atoms with E-state index in [1.807, 2.05) is 33.8 Å². The number of nitrogens with zero attached hydrogens (tertiary/aromatic N) is 7. The van der Waals surface area contributed by atoms with Crippen LogP contribution >= 0.6 is 0 Å². The van der Waals surface area contributed by atoms with E-state index >= 15 is 0 Å². The first-order chi connectivity index (χ1) is 36.4. The van der Waals surface area contributed by atoms with Gasteiger partial charge >= 0.3 is 5.97 Å². The van der Waals surface area contributed by atoms with E-state index in [0.717, 1.165) is 23.3 Å². The Morgan fingerprint density at radius 1 is 0.882 bits per heavy atom. The molecule has 1 aromatic heterocycles. The molecule has 0 spiro atoms. The molecule has 6 rings (SSSR count). The molecule has 1 aliphatic carbocycles. The van der Waals surface area contributed by atoms with Gasteiger partial charge in [0, 0.05) is 52.4 Å². The highest BCUT2D eigenvalue weighted by molar-refractivity contribution is 6.12. The highest BCUT2D eigenvalue weighted by atomic mass is 16.5. The Balaban J connectivity index is 1.00. The lowest BCUT2D eigenvalue weighted by molar-refractivity contribution is -0.149. The van der Waals surface area contributed by atoms with Crippen molar-refractivity contribution in [2.75, 3.05) is 54.2 Å². The third-order valence-electron chi connectivity index (χ3n) is 15.6. The number of carboxylic acids is 1. The highest BCUT2D eigenvalue weighted by Crippen LogP contribution is 2.43. The number of benzene rings is 1. The molecule has 2 unspecified atom stereocenters. The fourth-order valence-electron chi connectivity index (χ4n) is 11.4. The lowest BCUT2D eigenvalue weighted by Crippen LogP contribution is -2.60. The van der Waals surface area contributed by atoms with E-state index in [-0.39, 0.29) is 93.1 Å². The van der Waals surface area contributed by atoms with Crippen molar-refractivity contribution in [3.63, 3.8) is 0 Å². The number of piperidine rings is 1. The number of carbonyl (C=O) groups is 8. The zero-order valence-corrected chi connectivity index (χ0v) is 45.3. The number of hydrogen-bond acceptors (Lipinski definition) is 14. The molecule has 76 heavy (non-hydrogen) atoms. The predicted octanol–water partition coefficient (Wildman–Crippen LogP) is 2.38. The molecule has 0 radical (unpaired) electrons. The van der Waals surface area contributed by atoms with Crippen LogP contribution in [0.3, 0.4) is 0 Å². The summed E-state index contributed by atoms with van der Waals surface area (Å²) in [6.07, 6.45) is 6.85. The molecule has 2 aromatic rings. The van der Waals surface area contributed by atoms with Crippen LogP contribution in [0, 0.1) is 23.7 Å². The van der Waals surface area contributed by atoms with Crippen LogP contribution < -0.4 is 10.6 Å². The van der Waals surface area contributed by atoms with Gasteiger partial charge in [-0.2, -0.15) is 0 Å². The van der Waals surface area contributed by atoms with Crippen molar-refractivity contribution < 1.29 is 62.4 Å². The molecule has 3 N–H and O–H groups in total. The van der Waals surface area contributed by atoms with Gasteiger partial charge < -0.3 is 49.4 Å². The van der Waals surface area contributed by atoms with Crippen LogP contribution in [0.1, 0.15) is 97.2 Å². The number of likely N-dealkylation sites (N-methyl/N-ethyl adjacent to an activating group) is 1. The minimum atomic E-state index is -1.16. The second-order valence-corrected chi connectivity index (χ2v) is 20.9. The normalized spacial score (nSPS) is 21.9. The highest BCUT2D eigenvalue weighted by Gasteiger charge is 2.52. The Labute approximate surface area is 445 Å². The minimum Gasteiger partial charge on any atom is -0.480 e. The van der Waals surface area contributed by atoms with Crippen molar-refractivity contribution in [1.82, 2.24) is 45.2 Å². The van der Waals surface area contributed by atoms with Crippen LogP contribution in [-0.4, -0.2) is 190 Å². The van der Waals surface area contributed by atoms with Gasteiger partial charge in [0.25, 0.3) is 11.8 Å². The summed E-state index contributed by atoms with van der Waals surface area (Å²) >= 11 is 0. The van der Waals surface area contributed by atoms with Crippen molar-refractivity contribution in [2.45, 2.75) is 154 Å². The summed E-state index contributed by atoms with van der Waals surface area (Å²) in [6.45, 7) is 11.1. The molecule has 2 bridgehead atoms. The number of carbonyl (C=O) groups excluding carboxylic acids is 7. The average molecular weight is 1060 g/mol. The molecule has 4 aliphatic rings. The fraction of sp³-hybridized carbons (Fsp3) is 0.667. The van der Waals surface area contributed by atoms with E-state index in [1.54, 1.807) is 63.8 Å². The molecule has 22 nitrogen and oxygen atoms in total. The van der Waals surface area contributed by atoms with Crippen molar-refractivity contribution in [3.05, 3.63) is 59.9 Å². The number of imide groups is 1. The summed E-state index contributed by atoms with van der Waals surface area (Å²) in [5, 5.41) is 23.8. The molecule has 3 aliphatic heterocycles. The molecule has 1 aromatic carbocycles. The van der Waals surface area contributed by atoms with Gasteiger partial charge in [-0.25, -0.2) is 9.48 Å². The maximum absolute atomic E-state index is 14.7. The summed E-state index contributed by atoms with van der Waals surface area (Å²) in [5.41, 5.74) is 1.23. The molecule has 11 atom stereocenters. The van der Waals surface area contributed by atoms with E-state index < -0.39 is 72.0 Å². The van der Waals surface area contributed by atoms with Crippen molar-refractivity contribution in [1.29, 1.82) is 0 Å². The topological polar surface area (TPSA) is 261 Å². The second kappa shape index (κ2) is 27.8. The third-order valence-corrected chi connectivity index (χ3v) is 15.6. The number of amides is 7. The zero-order chi connectivity index (χ0) is 55.2. The maximum Gasteiger partial charge on any atom is 0.326 e. The Bertz CT molecular complexity index is 2350. The quantitative estimate of drug-likeness (QED) is 0.0750.